The highest BCUT2D eigenvalue weighted by Gasteiger charge is 2.20. The number of aromatic nitrogens is 3. The molecule has 0 radical (unpaired) electrons. The molecule has 0 aliphatic rings. The van der Waals surface area contributed by atoms with Gasteiger partial charge in [-0.3, -0.25) is 0 Å². The fourth-order valence-electron chi connectivity index (χ4n) is 2.94. The Bertz CT molecular complexity index is 997. The molecule has 3 rings (SSSR count). The first-order chi connectivity index (χ1) is 14.2. The van der Waals surface area contributed by atoms with E-state index in [9.17, 15) is 4.79 Å². The largest absolute Gasteiger partial charge is 0.496 e. The van der Waals surface area contributed by atoms with Gasteiger partial charge < -0.3 is 14.2 Å². The van der Waals surface area contributed by atoms with Crippen LogP contribution in [0.1, 0.15) is 28.5 Å². The van der Waals surface area contributed by atoms with Gasteiger partial charge in [0.2, 0.25) is 0 Å². The number of hydrogen-bond donors (Lipinski definition) is 1. The Kier molecular flexibility index (Phi) is 6.63. The van der Waals surface area contributed by atoms with Crippen molar-refractivity contribution in [3.63, 3.8) is 0 Å². The standard InChI is InChI=1S/C22H23N3O4/c1-4-8-15-9-6-7-10-19(15)29-14-17-13-16(11-12-18(17)27-3)20-21(24-25-23-20)22(26)28-5-2/h4,6-7,9-13H,1,5,8,14H2,2-3H3,(H,23,24,25). The Morgan fingerprint density at radius 1 is 1.14 bits per heavy atom. The Morgan fingerprint density at radius 3 is 2.72 bits per heavy atom. The van der Waals surface area contributed by atoms with Gasteiger partial charge in [0, 0.05) is 11.1 Å². The smallest absolute Gasteiger partial charge is 0.361 e. The van der Waals surface area contributed by atoms with Crippen molar-refractivity contribution in [3.8, 4) is 22.8 Å². The number of carbonyl (C=O) groups is 1. The zero-order valence-electron chi connectivity index (χ0n) is 16.5. The lowest BCUT2D eigenvalue weighted by molar-refractivity contribution is 0.0520. The maximum Gasteiger partial charge on any atom is 0.361 e. The molecule has 0 atom stereocenters. The second kappa shape index (κ2) is 9.54. The van der Waals surface area contributed by atoms with Crippen LogP contribution >= 0.6 is 0 Å². The van der Waals surface area contributed by atoms with Crippen LogP contribution in [0.15, 0.2) is 55.1 Å². The number of nitrogens with zero attached hydrogens (tertiary/aromatic N) is 2. The van der Waals surface area contributed by atoms with Gasteiger partial charge in [0.1, 0.15) is 23.8 Å². The van der Waals surface area contributed by atoms with Crippen LogP contribution in [0.3, 0.4) is 0 Å². The lowest BCUT2D eigenvalue weighted by Gasteiger charge is -2.14. The second-order valence-electron chi connectivity index (χ2n) is 6.16. The molecule has 7 nitrogen and oxygen atoms in total. The molecule has 0 aliphatic heterocycles. The number of esters is 1. The molecule has 29 heavy (non-hydrogen) atoms. The van der Waals surface area contributed by atoms with Crippen LogP contribution in [0, 0.1) is 0 Å². The molecule has 1 aromatic heterocycles. The number of aromatic amines is 1. The molecule has 0 saturated carbocycles. The van der Waals surface area contributed by atoms with E-state index in [2.05, 4.69) is 22.0 Å². The van der Waals surface area contributed by atoms with E-state index < -0.39 is 5.97 Å². The van der Waals surface area contributed by atoms with E-state index in [1.807, 2.05) is 48.5 Å². The predicted molar refractivity (Wildman–Crippen MR) is 109 cm³/mol. The highest BCUT2D eigenvalue weighted by Crippen LogP contribution is 2.29. The van der Waals surface area contributed by atoms with Crippen LogP contribution in [0.25, 0.3) is 11.3 Å². The third-order valence-electron chi connectivity index (χ3n) is 4.29. The van der Waals surface area contributed by atoms with Gasteiger partial charge in [0.25, 0.3) is 0 Å². The van der Waals surface area contributed by atoms with Crippen molar-refractivity contribution in [2.75, 3.05) is 13.7 Å². The Morgan fingerprint density at radius 2 is 1.97 bits per heavy atom. The number of benzene rings is 2. The predicted octanol–water partition coefficient (Wildman–Crippen LogP) is 3.96. The summed E-state index contributed by atoms with van der Waals surface area (Å²) >= 11 is 0. The summed E-state index contributed by atoms with van der Waals surface area (Å²) in [5.74, 6) is 0.938. The quantitative estimate of drug-likeness (QED) is 0.437. The van der Waals surface area contributed by atoms with Gasteiger partial charge >= 0.3 is 5.97 Å². The minimum atomic E-state index is -0.525. The zero-order chi connectivity index (χ0) is 20.6. The number of para-hydroxylation sites is 1. The molecule has 0 aliphatic carbocycles. The van der Waals surface area contributed by atoms with Crippen molar-refractivity contribution in [1.82, 2.24) is 15.4 Å². The first-order valence-electron chi connectivity index (χ1n) is 9.24. The average molecular weight is 393 g/mol. The maximum atomic E-state index is 12.1. The van der Waals surface area contributed by atoms with Gasteiger partial charge in [-0.05, 0) is 43.2 Å². The Hall–Kier alpha value is -3.61. The summed E-state index contributed by atoms with van der Waals surface area (Å²) in [6.45, 7) is 6.08. The number of ether oxygens (including phenoxy) is 3. The molecule has 0 fully saturated rings. The van der Waals surface area contributed by atoms with Gasteiger partial charge in [-0.15, -0.1) is 11.7 Å². The topological polar surface area (TPSA) is 86.3 Å². The van der Waals surface area contributed by atoms with Crippen LogP contribution in [0.4, 0.5) is 0 Å². The van der Waals surface area contributed by atoms with Crippen molar-refractivity contribution >= 4 is 5.97 Å². The number of carbonyl (C=O) groups excluding carboxylic acids is 1. The fourth-order valence-corrected chi connectivity index (χ4v) is 2.94. The normalized spacial score (nSPS) is 10.4. The molecule has 0 amide bonds. The molecule has 0 unspecified atom stereocenters. The van der Waals surface area contributed by atoms with Crippen LogP contribution in [-0.2, 0) is 17.8 Å². The van der Waals surface area contributed by atoms with Gasteiger partial charge in [0.15, 0.2) is 5.69 Å². The van der Waals surface area contributed by atoms with Gasteiger partial charge in [-0.1, -0.05) is 24.3 Å². The van der Waals surface area contributed by atoms with Crippen LogP contribution in [0.2, 0.25) is 0 Å². The van der Waals surface area contributed by atoms with Crippen LogP contribution in [0.5, 0.6) is 11.5 Å². The van der Waals surface area contributed by atoms with Crippen LogP contribution in [-0.4, -0.2) is 35.1 Å². The number of nitrogens with one attached hydrogen (secondary N) is 1. The summed E-state index contributed by atoms with van der Waals surface area (Å²) in [6, 6.07) is 13.3. The zero-order valence-corrected chi connectivity index (χ0v) is 16.5. The van der Waals surface area contributed by atoms with Gasteiger partial charge in [-0.25, -0.2) is 4.79 Å². The lowest BCUT2D eigenvalue weighted by Crippen LogP contribution is -2.07. The molecule has 1 heterocycles. The monoisotopic (exact) mass is 393 g/mol. The molecule has 1 N–H and O–H groups in total. The number of hydrogen-bond acceptors (Lipinski definition) is 6. The summed E-state index contributed by atoms with van der Waals surface area (Å²) in [7, 11) is 1.60. The highest BCUT2D eigenvalue weighted by molar-refractivity contribution is 5.94. The van der Waals surface area contributed by atoms with Crippen molar-refractivity contribution < 1.29 is 19.0 Å². The van der Waals surface area contributed by atoms with Gasteiger partial charge in [-0.2, -0.15) is 10.3 Å². The second-order valence-corrected chi connectivity index (χ2v) is 6.16. The molecule has 0 saturated heterocycles. The SMILES string of the molecule is C=CCc1ccccc1OCc1cc(-c2n[nH]nc2C(=O)OCC)ccc1OC. The molecule has 150 valence electrons. The molecule has 7 heteroatoms. The maximum absolute atomic E-state index is 12.1. The third kappa shape index (κ3) is 4.63. The summed E-state index contributed by atoms with van der Waals surface area (Å²) in [4.78, 5) is 12.1. The summed E-state index contributed by atoms with van der Waals surface area (Å²) in [5, 5.41) is 10.5. The Labute approximate surface area is 169 Å². The van der Waals surface area contributed by atoms with E-state index in [1.54, 1.807) is 14.0 Å². The van der Waals surface area contributed by atoms with E-state index in [0.717, 1.165) is 23.3 Å². The van der Waals surface area contributed by atoms with Crippen molar-refractivity contribution in [2.45, 2.75) is 20.0 Å². The lowest BCUT2D eigenvalue weighted by atomic mass is 10.1. The number of H-pyrrole nitrogens is 1. The summed E-state index contributed by atoms with van der Waals surface area (Å²) in [6.07, 6.45) is 2.56. The van der Waals surface area contributed by atoms with E-state index in [1.165, 1.54) is 0 Å². The van der Waals surface area contributed by atoms with Crippen molar-refractivity contribution in [1.29, 1.82) is 0 Å². The van der Waals surface area contributed by atoms with E-state index in [4.69, 9.17) is 14.2 Å². The van der Waals surface area contributed by atoms with E-state index in [0.29, 0.717) is 17.0 Å². The van der Waals surface area contributed by atoms with E-state index in [-0.39, 0.29) is 18.9 Å². The van der Waals surface area contributed by atoms with Crippen molar-refractivity contribution in [2.24, 2.45) is 0 Å². The number of methoxy groups -OCH3 is 1. The first kappa shape index (κ1) is 20.1. The first-order valence-corrected chi connectivity index (χ1v) is 9.24. The minimum Gasteiger partial charge on any atom is -0.496 e. The third-order valence-corrected chi connectivity index (χ3v) is 4.29. The molecular weight excluding hydrogens is 370 g/mol. The van der Waals surface area contributed by atoms with Crippen molar-refractivity contribution in [3.05, 3.63) is 71.9 Å². The summed E-state index contributed by atoms with van der Waals surface area (Å²) < 4.78 is 16.6. The van der Waals surface area contributed by atoms with Crippen LogP contribution < -0.4 is 9.47 Å². The summed E-state index contributed by atoms with van der Waals surface area (Å²) in [5.41, 5.74) is 3.13. The molecular formula is C22H23N3O4. The number of rotatable bonds is 9. The van der Waals surface area contributed by atoms with E-state index >= 15 is 0 Å². The highest BCUT2D eigenvalue weighted by atomic mass is 16.5. The molecule has 0 spiro atoms. The molecule has 0 bridgehead atoms. The average Bonchev–Trinajstić information content (AvgIpc) is 3.23. The number of allylic oxidation sites excluding steroid dienone is 1. The minimum absolute atomic E-state index is 0.139. The van der Waals surface area contributed by atoms with Gasteiger partial charge in [0.05, 0.1) is 13.7 Å². The Balaban J connectivity index is 1.88. The fraction of sp³-hybridized carbons (Fsp3) is 0.227. The molecule has 3 aromatic rings. The molecule has 2 aromatic carbocycles.